The molecule has 6 heteroatoms. The minimum Gasteiger partial charge on any atom is -0.372 e. The van der Waals surface area contributed by atoms with E-state index in [4.69, 9.17) is 18.0 Å². The molecule has 0 aliphatic carbocycles. The summed E-state index contributed by atoms with van der Waals surface area (Å²) in [4.78, 5) is 0. The molecule has 0 aromatic carbocycles. The summed E-state index contributed by atoms with van der Waals surface area (Å²) >= 11 is 0. The van der Waals surface area contributed by atoms with Crippen LogP contribution in [-0.4, -0.2) is 46.3 Å². The van der Waals surface area contributed by atoms with E-state index >= 15 is 0 Å². The zero-order valence-corrected chi connectivity index (χ0v) is 11.7. The molecule has 1 atom stereocenters. The summed E-state index contributed by atoms with van der Waals surface area (Å²) in [7, 11) is -2.76. The third-order valence-electron chi connectivity index (χ3n) is 1.89. The van der Waals surface area contributed by atoms with Gasteiger partial charge in [0.15, 0.2) is 6.29 Å². The van der Waals surface area contributed by atoms with Crippen molar-refractivity contribution in [3.63, 3.8) is 0 Å². The highest BCUT2D eigenvalue weighted by Crippen LogP contribution is 2.12. The molecule has 0 saturated heterocycles. The third kappa shape index (κ3) is 5.93. The van der Waals surface area contributed by atoms with Gasteiger partial charge in [0.05, 0.1) is 0 Å². The van der Waals surface area contributed by atoms with E-state index in [2.05, 4.69) is 0 Å². The Kier molecular flexibility index (Phi) is 9.10. The highest BCUT2D eigenvalue weighted by atomic mass is 28.4. The Bertz CT molecular complexity index is 150. The maximum atomic E-state index is 9.36. The number of ether oxygens (including phenoxy) is 1. The lowest BCUT2D eigenvalue weighted by atomic mass is 10.5. The molecule has 0 spiro atoms. The van der Waals surface area contributed by atoms with Gasteiger partial charge in [-0.15, -0.1) is 0 Å². The van der Waals surface area contributed by atoms with Crippen molar-refractivity contribution in [3.8, 4) is 0 Å². The molecule has 0 saturated carbocycles. The summed E-state index contributed by atoms with van der Waals surface area (Å²) < 4.78 is 21.9. The van der Waals surface area contributed by atoms with Crippen LogP contribution in [0.5, 0.6) is 0 Å². The zero-order chi connectivity index (χ0) is 12.4. The first-order chi connectivity index (χ1) is 7.64. The topological polar surface area (TPSA) is 57.2 Å². The summed E-state index contributed by atoms with van der Waals surface area (Å²) in [5.74, 6) is 0. The van der Waals surface area contributed by atoms with Crippen LogP contribution in [0.25, 0.3) is 0 Å². The summed E-state index contributed by atoms with van der Waals surface area (Å²) in [5, 5.41) is 9.36. The minimum absolute atomic E-state index is 0.192. The second kappa shape index (κ2) is 9.09. The fourth-order valence-electron chi connectivity index (χ4n) is 1.23. The van der Waals surface area contributed by atoms with E-state index in [0.717, 1.165) is 0 Å². The quantitative estimate of drug-likeness (QED) is 0.469. The van der Waals surface area contributed by atoms with Gasteiger partial charge in [0, 0.05) is 19.8 Å². The molecule has 0 fully saturated rings. The predicted octanol–water partition coefficient (Wildman–Crippen LogP) is 1.32. The van der Waals surface area contributed by atoms with Crippen LogP contribution in [0, 0.1) is 0 Å². The first-order valence-corrected chi connectivity index (χ1v) is 7.78. The van der Waals surface area contributed by atoms with Gasteiger partial charge >= 0.3 is 8.80 Å². The van der Waals surface area contributed by atoms with E-state index in [1.807, 2.05) is 27.7 Å². The number of aliphatic hydroxyl groups is 1. The van der Waals surface area contributed by atoms with E-state index in [0.29, 0.717) is 26.2 Å². The van der Waals surface area contributed by atoms with Gasteiger partial charge in [0.2, 0.25) is 0 Å². The second-order valence-corrected chi connectivity index (χ2v) is 5.68. The van der Waals surface area contributed by atoms with Crippen LogP contribution < -0.4 is 0 Å². The van der Waals surface area contributed by atoms with Crippen molar-refractivity contribution in [2.45, 2.75) is 40.4 Å². The molecule has 0 amide bonds. The van der Waals surface area contributed by atoms with E-state index in [9.17, 15) is 5.11 Å². The Morgan fingerprint density at radius 1 is 0.938 bits per heavy atom. The average Bonchev–Trinajstić information content (AvgIpc) is 2.27. The van der Waals surface area contributed by atoms with Crippen molar-refractivity contribution < 1.29 is 23.1 Å². The van der Waals surface area contributed by atoms with Crippen molar-refractivity contribution in [2.75, 3.05) is 26.1 Å². The van der Waals surface area contributed by atoms with E-state index < -0.39 is 15.1 Å². The second-order valence-electron chi connectivity index (χ2n) is 3.16. The average molecular weight is 252 g/mol. The van der Waals surface area contributed by atoms with Gasteiger partial charge in [0.25, 0.3) is 0 Å². The molecule has 0 aromatic rings. The molecule has 0 heterocycles. The Labute approximate surface area is 99.0 Å². The third-order valence-corrected chi connectivity index (χ3v) is 4.60. The molecule has 0 aromatic heterocycles. The van der Waals surface area contributed by atoms with E-state index in [1.165, 1.54) is 0 Å². The number of rotatable bonds is 10. The van der Waals surface area contributed by atoms with Gasteiger partial charge in [-0.2, -0.15) is 0 Å². The van der Waals surface area contributed by atoms with Crippen molar-refractivity contribution >= 4 is 8.80 Å². The molecule has 5 nitrogen and oxygen atoms in total. The van der Waals surface area contributed by atoms with Crippen LogP contribution >= 0.6 is 0 Å². The highest BCUT2D eigenvalue weighted by Gasteiger charge is 2.41. The molecule has 1 N–H and O–H groups in total. The Morgan fingerprint density at radius 3 is 1.69 bits per heavy atom. The van der Waals surface area contributed by atoms with Gasteiger partial charge in [0.1, 0.15) is 6.23 Å². The van der Waals surface area contributed by atoms with Gasteiger partial charge in [-0.05, 0) is 27.2 Å². The summed E-state index contributed by atoms with van der Waals surface area (Å²) in [6.45, 7) is 9.03. The van der Waals surface area contributed by atoms with Gasteiger partial charge < -0.3 is 23.1 Å². The molecule has 0 bridgehead atoms. The maximum absolute atomic E-state index is 9.36. The lowest BCUT2D eigenvalue weighted by molar-refractivity contribution is -0.103. The van der Waals surface area contributed by atoms with Crippen molar-refractivity contribution in [1.29, 1.82) is 0 Å². The van der Waals surface area contributed by atoms with Crippen molar-refractivity contribution in [1.82, 2.24) is 0 Å². The molecule has 0 aliphatic heterocycles. The van der Waals surface area contributed by atoms with E-state index in [1.54, 1.807) is 0 Å². The van der Waals surface area contributed by atoms with E-state index in [-0.39, 0.29) is 6.23 Å². The lowest BCUT2D eigenvalue weighted by Gasteiger charge is -2.28. The fourth-order valence-corrected chi connectivity index (χ4v) is 3.44. The van der Waals surface area contributed by atoms with Gasteiger partial charge in [-0.25, -0.2) is 0 Å². The largest absolute Gasteiger partial charge is 0.528 e. The first-order valence-electron chi connectivity index (χ1n) is 5.85. The normalized spacial score (nSPS) is 14.1. The fraction of sp³-hybridized carbons (Fsp3) is 1.00. The standard InChI is InChI=1S/C10H24O5Si/c1-5-10(11)12-9-16(13-6-2,14-7-3)15-8-4/h10-11H,5-9H2,1-4H3. The molecular weight excluding hydrogens is 228 g/mol. The zero-order valence-electron chi connectivity index (χ0n) is 10.7. The summed E-state index contributed by atoms with van der Waals surface area (Å²) in [6, 6.07) is 0. The first kappa shape index (κ1) is 16.0. The Morgan fingerprint density at radius 2 is 1.38 bits per heavy atom. The Hall–Kier alpha value is 0.0169. The summed E-state index contributed by atoms with van der Waals surface area (Å²) in [6.07, 6.45) is -0.0555. The predicted molar refractivity (Wildman–Crippen MR) is 62.9 cm³/mol. The van der Waals surface area contributed by atoms with Crippen LogP contribution in [-0.2, 0) is 18.0 Å². The number of aliphatic hydroxyl groups excluding tert-OH is 1. The van der Waals surface area contributed by atoms with Crippen molar-refractivity contribution in [3.05, 3.63) is 0 Å². The summed E-state index contributed by atoms with van der Waals surface area (Å²) in [5.41, 5.74) is 0. The monoisotopic (exact) mass is 252 g/mol. The molecule has 0 radical (unpaired) electrons. The van der Waals surface area contributed by atoms with Crippen LogP contribution in [0.15, 0.2) is 0 Å². The molecule has 1 unspecified atom stereocenters. The highest BCUT2D eigenvalue weighted by molar-refractivity contribution is 6.60. The van der Waals surface area contributed by atoms with Crippen molar-refractivity contribution in [2.24, 2.45) is 0 Å². The molecule has 98 valence electrons. The molecule has 16 heavy (non-hydrogen) atoms. The molecular formula is C10H24O5Si. The maximum Gasteiger partial charge on any atom is 0.528 e. The minimum atomic E-state index is -2.76. The lowest BCUT2D eigenvalue weighted by Crippen LogP contribution is -2.51. The van der Waals surface area contributed by atoms with Crippen LogP contribution in [0.3, 0.4) is 0 Å². The number of hydrogen-bond donors (Lipinski definition) is 1. The van der Waals surface area contributed by atoms with Crippen LogP contribution in [0.4, 0.5) is 0 Å². The van der Waals surface area contributed by atoms with Crippen LogP contribution in [0.2, 0.25) is 0 Å². The smallest absolute Gasteiger partial charge is 0.372 e. The van der Waals surface area contributed by atoms with Gasteiger partial charge in [-0.1, -0.05) is 6.92 Å². The molecule has 0 aliphatic rings. The SMILES string of the molecule is CCO[Si](COC(O)CC)(OCC)OCC. The Balaban J connectivity index is 4.34. The van der Waals surface area contributed by atoms with Crippen LogP contribution in [0.1, 0.15) is 34.1 Å². The van der Waals surface area contributed by atoms with Gasteiger partial charge in [-0.3, -0.25) is 0 Å². The number of hydrogen-bond acceptors (Lipinski definition) is 5. The molecule has 0 rings (SSSR count).